The van der Waals surface area contributed by atoms with Crippen LogP contribution in [0.2, 0.25) is 5.02 Å². The number of anilines is 1. The largest absolute Gasteiger partial charge is 0.352 e. The van der Waals surface area contributed by atoms with Gasteiger partial charge < -0.3 is 10.2 Å². The van der Waals surface area contributed by atoms with E-state index in [0.29, 0.717) is 29.1 Å². The van der Waals surface area contributed by atoms with Crippen molar-refractivity contribution in [2.45, 2.75) is 57.5 Å². The van der Waals surface area contributed by atoms with E-state index >= 15 is 0 Å². The molecule has 0 aliphatic heterocycles. The third-order valence-corrected chi connectivity index (χ3v) is 8.60. The van der Waals surface area contributed by atoms with E-state index in [1.54, 1.807) is 43.3 Å². The summed E-state index contributed by atoms with van der Waals surface area (Å²) in [7, 11) is -4.13. The highest BCUT2D eigenvalue weighted by molar-refractivity contribution is 7.92. The van der Waals surface area contributed by atoms with Gasteiger partial charge in [-0.15, -0.1) is 0 Å². The lowest BCUT2D eigenvalue weighted by Gasteiger charge is -2.34. The second-order valence-corrected chi connectivity index (χ2v) is 11.9. The van der Waals surface area contributed by atoms with Crippen molar-refractivity contribution >= 4 is 39.1 Å². The van der Waals surface area contributed by atoms with Crippen LogP contribution in [-0.4, -0.2) is 50.3 Å². The lowest BCUT2D eigenvalue weighted by atomic mass is 10.1. The Hall–Kier alpha value is -3.36. The SMILES string of the molecule is CCC(C(=O)NC(C)C)N(CCc1ccccc1)C(=O)CN(c1cccc(Cl)c1C)S(=O)(=O)c1ccccc1. The van der Waals surface area contributed by atoms with Gasteiger partial charge in [0.25, 0.3) is 10.0 Å². The quantitative estimate of drug-likeness (QED) is 0.324. The third-order valence-electron chi connectivity index (χ3n) is 6.42. The van der Waals surface area contributed by atoms with Crippen LogP contribution in [0.3, 0.4) is 0 Å². The number of benzene rings is 3. The molecule has 9 heteroatoms. The standard InChI is InChI=1S/C30H36ClN3O4S/c1-5-27(30(36)32-22(2)3)33(20-19-24-13-8-6-9-14-24)29(35)21-34(28-18-12-17-26(31)23(28)4)39(37,38)25-15-10-7-11-16-25/h6-18,22,27H,5,19-21H2,1-4H3,(H,32,36). The fraction of sp³-hybridized carbons (Fsp3) is 0.333. The first kappa shape index (κ1) is 30.2. The molecule has 3 aromatic carbocycles. The zero-order valence-corrected chi connectivity index (χ0v) is 24.4. The number of carbonyl (C=O) groups is 2. The fourth-order valence-corrected chi connectivity index (χ4v) is 6.04. The molecule has 0 heterocycles. The van der Waals surface area contributed by atoms with Gasteiger partial charge in [0.1, 0.15) is 12.6 Å². The van der Waals surface area contributed by atoms with E-state index in [4.69, 9.17) is 11.6 Å². The minimum Gasteiger partial charge on any atom is -0.352 e. The molecule has 0 fully saturated rings. The van der Waals surface area contributed by atoms with Gasteiger partial charge in [0, 0.05) is 17.6 Å². The zero-order valence-electron chi connectivity index (χ0n) is 22.8. The van der Waals surface area contributed by atoms with Crippen LogP contribution in [-0.2, 0) is 26.0 Å². The molecule has 1 N–H and O–H groups in total. The van der Waals surface area contributed by atoms with E-state index < -0.39 is 28.5 Å². The monoisotopic (exact) mass is 569 g/mol. The van der Waals surface area contributed by atoms with Gasteiger partial charge in [-0.05, 0) is 69.0 Å². The highest BCUT2D eigenvalue weighted by Crippen LogP contribution is 2.31. The van der Waals surface area contributed by atoms with Gasteiger partial charge in [-0.2, -0.15) is 0 Å². The molecule has 1 unspecified atom stereocenters. The number of halogens is 1. The molecule has 0 saturated carbocycles. The smallest absolute Gasteiger partial charge is 0.264 e. The Morgan fingerprint density at radius 1 is 0.923 bits per heavy atom. The summed E-state index contributed by atoms with van der Waals surface area (Å²) in [5.41, 5.74) is 1.85. The Labute approximate surface area is 236 Å². The summed E-state index contributed by atoms with van der Waals surface area (Å²) in [6.07, 6.45) is 0.889. The summed E-state index contributed by atoms with van der Waals surface area (Å²) in [6, 6.07) is 21.7. The topological polar surface area (TPSA) is 86.8 Å². The molecule has 0 spiro atoms. The van der Waals surface area contributed by atoms with E-state index in [1.807, 2.05) is 51.1 Å². The first-order chi connectivity index (χ1) is 18.6. The van der Waals surface area contributed by atoms with Crippen LogP contribution in [0.15, 0.2) is 83.8 Å². The Morgan fingerprint density at radius 3 is 2.13 bits per heavy atom. The minimum atomic E-state index is -4.13. The van der Waals surface area contributed by atoms with Crippen LogP contribution in [0.1, 0.15) is 38.3 Å². The predicted octanol–water partition coefficient (Wildman–Crippen LogP) is 5.22. The molecule has 208 valence electrons. The van der Waals surface area contributed by atoms with Crippen molar-refractivity contribution in [1.82, 2.24) is 10.2 Å². The molecule has 0 aliphatic rings. The molecule has 0 aromatic heterocycles. The van der Waals surface area contributed by atoms with Crippen LogP contribution < -0.4 is 9.62 Å². The number of hydrogen-bond donors (Lipinski definition) is 1. The van der Waals surface area contributed by atoms with Gasteiger partial charge in [-0.1, -0.05) is 73.1 Å². The van der Waals surface area contributed by atoms with Crippen molar-refractivity contribution in [3.63, 3.8) is 0 Å². The van der Waals surface area contributed by atoms with Gasteiger partial charge >= 0.3 is 0 Å². The van der Waals surface area contributed by atoms with Crippen molar-refractivity contribution in [2.75, 3.05) is 17.4 Å². The molecule has 0 aliphatic carbocycles. The van der Waals surface area contributed by atoms with Gasteiger partial charge in [-0.25, -0.2) is 8.42 Å². The van der Waals surface area contributed by atoms with Crippen LogP contribution in [0.25, 0.3) is 0 Å². The number of nitrogens with one attached hydrogen (secondary N) is 1. The Morgan fingerprint density at radius 2 is 1.54 bits per heavy atom. The maximum absolute atomic E-state index is 14.0. The maximum atomic E-state index is 14.0. The summed E-state index contributed by atoms with van der Waals surface area (Å²) in [6.45, 7) is 7.04. The van der Waals surface area contributed by atoms with Crippen molar-refractivity contribution in [2.24, 2.45) is 0 Å². The molecule has 39 heavy (non-hydrogen) atoms. The van der Waals surface area contributed by atoms with Gasteiger partial charge in [0.2, 0.25) is 11.8 Å². The number of hydrogen-bond acceptors (Lipinski definition) is 4. The van der Waals surface area contributed by atoms with E-state index in [-0.39, 0.29) is 23.4 Å². The van der Waals surface area contributed by atoms with Crippen LogP contribution >= 0.6 is 11.6 Å². The number of rotatable bonds is 12. The molecule has 3 rings (SSSR count). The fourth-order valence-electron chi connectivity index (χ4n) is 4.38. The molecular formula is C30H36ClN3O4S. The van der Waals surface area contributed by atoms with Gasteiger partial charge in [-0.3, -0.25) is 13.9 Å². The maximum Gasteiger partial charge on any atom is 0.264 e. The normalized spacial score (nSPS) is 12.2. The first-order valence-corrected chi connectivity index (χ1v) is 14.8. The Balaban J connectivity index is 2.04. The number of amides is 2. The van der Waals surface area contributed by atoms with Crippen molar-refractivity contribution in [3.8, 4) is 0 Å². The Bertz CT molecular complexity index is 1370. The van der Waals surface area contributed by atoms with E-state index in [1.165, 1.54) is 17.0 Å². The van der Waals surface area contributed by atoms with Gasteiger partial charge in [0.15, 0.2) is 0 Å². The molecule has 7 nitrogen and oxygen atoms in total. The molecule has 3 aromatic rings. The van der Waals surface area contributed by atoms with Crippen LogP contribution in [0.4, 0.5) is 5.69 Å². The van der Waals surface area contributed by atoms with E-state index in [0.717, 1.165) is 9.87 Å². The summed E-state index contributed by atoms with van der Waals surface area (Å²) in [5.74, 6) is -0.749. The highest BCUT2D eigenvalue weighted by Gasteiger charge is 2.34. The summed E-state index contributed by atoms with van der Waals surface area (Å²) >= 11 is 6.36. The number of nitrogens with zero attached hydrogens (tertiary/aromatic N) is 2. The average Bonchev–Trinajstić information content (AvgIpc) is 2.91. The second kappa shape index (κ2) is 13.6. The van der Waals surface area contributed by atoms with Crippen molar-refractivity contribution < 1.29 is 18.0 Å². The lowest BCUT2D eigenvalue weighted by Crippen LogP contribution is -2.54. The molecule has 1 atom stereocenters. The highest BCUT2D eigenvalue weighted by atomic mass is 35.5. The minimum absolute atomic E-state index is 0.0533. The molecule has 0 bridgehead atoms. The first-order valence-electron chi connectivity index (χ1n) is 13.0. The summed E-state index contributed by atoms with van der Waals surface area (Å²) in [5, 5.41) is 3.29. The molecule has 2 amide bonds. The van der Waals surface area contributed by atoms with Crippen molar-refractivity contribution in [1.29, 1.82) is 0 Å². The second-order valence-electron chi connectivity index (χ2n) is 9.62. The summed E-state index contributed by atoms with van der Waals surface area (Å²) < 4.78 is 28.9. The van der Waals surface area contributed by atoms with Crippen LogP contribution in [0, 0.1) is 6.92 Å². The predicted molar refractivity (Wildman–Crippen MR) is 156 cm³/mol. The van der Waals surface area contributed by atoms with Crippen molar-refractivity contribution in [3.05, 3.63) is 95.0 Å². The zero-order chi connectivity index (χ0) is 28.6. The molecule has 0 saturated heterocycles. The average molecular weight is 570 g/mol. The van der Waals surface area contributed by atoms with E-state index in [2.05, 4.69) is 5.32 Å². The number of sulfonamides is 1. The molecule has 0 radical (unpaired) electrons. The lowest BCUT2D eigenvalue weighted by molar-refractivity contribution is -0.139. The van der Waals surface area contributed by atoms with E-state index in [9.17, 15) is 18.0 Å². The third kappa shape index (κ3) is 7.61. The summed E-state index contributed by atoms with van der Waals surface area (Å²) in [4.78, 5) is 28.7. The van der Waals surface area contributed by atoms with Gasteiger partial charge in [0.05, 0.1) is 10.6 Å². The van der Waals surface area contributed by atoms with Crippen LogP contribution in [0.5, 0.6) is 0 Å². The Kier molecular flexibility index (Phi) is 10.5. The number of carbonyl (C=O) groups excluding carboxylic acids is 2. The molecular weight excluding hydrogens is 534 g/mol.